The highest BCUT2D eigenvalue weighted by molar-refractivity contribution is 7.96. The van der Waals surface area contributed by atoms with E-state index in [2.05, 4.69) is 12.6 Å². The first-order valence-corrected chi connectivity index (χ1v) is 5.46. The summed E-state index contributed by atoms with van der Waals surface area (Å²) in [6, 6.07) is 1.94. The van der Waals surface area contributed by atoms with Gasteiger partial charge in [0, 0.05) is 7.05 Å². The average molecular weight is 239 g/mol. The number of ether oxygens (including phenoxy) is 1. The summed E-state index contributed by atoms with van der Waals surface area (Å²) in [5.41, 5.74) is 3.99. The van der Waals surface area contributed by atoms with Crippen molar-refractivity contribution in [1.82, 2.24) is 0 Å². The largest absolute Gasteiger partial charge is 0.496 e. The number of benzene rings is 1. The number of methoxy groups -OCH3 is 1. The zero-order valence-electron chi connectivity index (χ0n) is 10.3. The first kappa shape index (κ1) is 12.9. The third-order valence-corrected chi connectivity index (χ3v) is 3.15. The molecule has 0 atom stereocenters. The molecule has 0 spiro atoms. The molecule has 0 heterocycles. The maximum absolute atomic E-state index is 11.3. The highest BCUT2D eigenvalue weighted by Gasteiger charge is 2.16. The van der Waals surface area contributed by atoms with Crippen molar-refractivity contribution in [1.29, 1.82) is 0 Å². The second kappa shape index (κ2) is 4.78. The van der Waals surface area contributed by atoms with Crippen molar-refractivity contribution >= 4 is 23.6 Å². The van der Waals surface area contributed by atoms with Crippen LogP contribution in [0.1, 0.15) is 16.7 Å². The van der Waals surface area contributed by atoms with Gasteiger partial charge in [-0.2, -0.15) is 0 Å². The zero-order valence-corrected chi connectivity index (χ0v) is 11.2. The summed E-state index contributed by atoms with van der Waals surface area (Å²) in [5.74, 6) is 0.846. The minimum Gasteiger partial charge on any atom is -0.496 e. The van der Waals surface area contributed by atoms with Gasteiger partial charge in [0.25, 0.3) is 5.24 Å². The quantitative estimate of drug-likeness (QED) is 0.804. The van der Waals surface area contributed by atoms with Crippen LogP contribution in [0.15, 0.2) is 6.07 Å². The van der Waals surface area contributed by atoms with Crippen LogP contribution in [0.2, 0.25) is 0 Å². The first-order valence-electron chi connectivity index (χ1n) is 5.01. The molecule has 0 aliphatic heterocycles. The van der Waals surface area contributed by atoms with Crippen molar-refractivity contribution in [3.05, 3.63) is 22.8 Å². The Hall–Kier alpha value is -1.16. The molecule has 1 aromatic carbocycles. The number of thiol groups is 1. The maximum atomic E-state index is 11.3. The summed E-state index contributed by atoms with van der Waals surface area (Å²) in [6.07, 6.45) is 0. The fourth-order valence-corrected chi connectivity index (χ4v) is 1.96. The van der Waals surface area contributed by atoms with Crippen LogP contribution in [0.25, 0.3) is 0 Å². The lowest BCUT2D eigenvalue weighted by molar-refractivity contribution is 0.266. The van der Waals surface area contributed by atoms with E-state index in [-0.39, 0.29) is 5.24 Å². The molecule has 0 aliphatic carbocycles. The predicted molar refractivity (Wildman–Crippen MR) is 70.0 cm³/mol. The van der Waals surface area contributed by atoms with Crippen LogP contribution < -0.4 is 9.64 Å². The van der Waals surface area contributed by atoms with Crippen molar-refractivity contribution < 1.29 is 9.53 Å². The normalized spacial score (nSPS) is 10.1. The predicted octanol–water partition coefficient (Wildman–Crippen LogP) is 3.11. The highest BCUT2D eigenvalue weighted by atomic mass is 32.1. The number of aryl methyl sites for hydroxylation is 1. The van der Waals surface area contributed by atoms with Crippen LogP contribution in [0.3, 0.4) is 0 Å². The van der Waals surface area contributed by atoms with E-state index in [0.29, 0.717) is 0 Å². The number of rotatable bonds is 2. The van der Waals surface area contributed by atoms with Crippen LogP contribution >= 0.6 is 12.6 Å². The van der Waals surface area contributed by atoms with Crippen molar-refractivity contribution in [2.24, 2.45) is 0 Å². The van der Waals surface area contributed by atoms with Crippen LogP contribution in [-0.4, -0.2) is 19.4 Å². The fourth-order valence-electron chi connectivity index (χ4n) is 1.86. The number of hydrogen-bond acceptors (Lipinski definition) is 2. The summed E-state index contributed by atoms with van der Waals surface area (Å²) >= 11 is 3.84. The van der Waals surface area contributed by atoms with E-state index < -0.39 is 0 Å². The number of carbonyl (C=O) groups excluding carboxylic acids is 1. The summed E-state index contributed by atoms with van der Waals surface area (Å²) in [4.78, 5) is 12.8. The molecule has 0 aliphatic rings. The second-order valence-electron chi connectivity index (χ2n) is 3.84. The molecule has 0 aromatic heterocycles. The van der Waals surface area contributed by atoms with Gasteiger partial charge >= 0.3 is 0 Å². The van der Waals surface area contributed by atoms with E-state index in [9.17, 15) is 4.79 Å². The molecule has 0 radical (unpaired) electrons. The van der Waals surface area contributed by atoms with E-state index in [0.717, 1.165) is 28.1 Å². The van der Waals surface area contributed by atoms with E-state index in [1.54, 1.807) is 19.1 Å². The molecule has 1 aromatic rings. The molecule has 3 nitrogen and oxygen atoms in total. The standard InChI is InChI=1S/C12H17NO2S/c1-7-6-10(15-5)8(2)9(3)11(7)13(4)12(14)16/h6H,1-5H3,(H,14,16). The SMILES string of the molecule is COc1cc(C)c(N(C)C(=O)S)c(C)c1C. The van der Waals surface area contributed by atoms with E-state index in [1.165, 1.54) is 0 Å². The van der Waals surface area contributed by atoms with Crippen molar-refractivity contribution in [3.8, 4) is 5.75 Å². The van der Waals surface area contributed by atoms with Gasteiger partial charge in [0.05, 0.1) is 12.8 Å². The molecule has 1 rings (SSSR count). The Kier molecular flexibility index (Phi) is 3.86. The number of hydrogen-bond donors (Lipinski definition) is 1. The Morgan fingerprint density at radius 2 is 1.88 bits per heavy atom. The lowest BCUT2D eigenvalue weighted by Crippen LogP contribution is -2.22. The Labute approximate surface area is 102 Å². The molecular formula is C12H17NO2S. The number of anilines is 1. The van der Waals surface area contributed by atoms with Gasteiger partial charge in [-0.05, 0) is 43.5 Å². The molecule has 0 fully saturated rings. The third kappa shape index (κ3) is 2.16. The smallest absolute Gasteiger partial charge is 0.282 e. The molecule has 0 saturated heterocycles. The van der Waals surface area contributed by atoms with Crippen LogP contribution in [0.5, 0.6) is 5.75 Å². The zero-order chi connectivity index (χ0) is 12.5. The Bertz CT molecular complexity index is 430. The minimum absolute atomic E-state index is 0.268. The van der Waals surface area contributed by atoms with Gasteiger partial charge in [-0.1, -0.05) is 12.6 Å². The Balaban J connectivity index is 3.41. The summed E-state index contributed by atoms with van der Waals surface area (Å²) < 4.78 is 5.28. The van der Waals surface area contributed by atoms with Crippen molar-refractivity contribution in [2.45, 2.75) is 20.8 Å². The highest BCUT2D eigenvalue weighted by Crippen LogP contribution is 2.33. The van der Waals surface area contributed by atoms with Crippen LogP contribution in [0.4, 0.5) is 10.5 Å². The first-order chi connectivity index (χ1) is 7.40. The molecule has 0 bridgehead atoms. The minimum atomic E-state index is -0.268. The average Bonchev–Trinajstić information content (AvgIpc) is 2.23. The Morgan fingerprint density at radius 1 is 1.31 bits per heavy atom. The van der Waals surface area contributed by atoms with E-state index >= 15 is 0 Å². The van der Waals surface area contributed by atoms with Gasteiger partial charge < -0.3 is 9.64 Å². The summed E-state index contributed by atoms with van der Waals surface area (Å²) in [5, 5.41) is -0.268. The number of carbonyl (C=O) groups is 1. The summed E-state index contributed by atoms with van der Waals surface area (Å²) in [6.45, 7) is 5.92. The van der Waals surface area contributed by atoms with Gasteiger partial charge in [-0.25, -0.2) is 0 Å². The van der Waals surface area contributed by atoms with Gasteiger partial charge in [-0.3, -0.25) is 4.79 Å². The fraction of sp³-hybridized carbons (Fsp3) is 0.417. The monoisotopic (exact) mass is 239 g/mol. The molecule has 4 heteroatoms. The second-order valence-corrected chi connectivity index (χ2v) is 4.22. The van der Waals surface area contributed by atoms with E-state index in [1.807, 2.05) is 26.8 Å². The van der Waals surface area contributed by atoms with Gasteiger partial charge in [-0.15, -0.1) is 0 Å². The van der Waals surface area contributed by atoms with Gasteiger partial charge in [0.2, 0.25) is 0 Å². The number of nitrogens with zero attached hydrogens (tertiary/aromatic N) is 1. The molecule has 0 unspecified atom stereocenters. The summed E-state index contributed by atoms with van der Waals surface area (Å²) in [7, 11) is 3.37. The Morgan fingerprint density at radius 3 is 2.31 bits per heavy atom. The molecule has 0 saturated carbocycles. The molecule has 16 heavy (non-hydrogen) atoms. The van der Waals surface area contributed by atoms with E-state index in [4.69, 9.17) is 4.74 Å². The molecule has 88 valence electrons. The van der Waals surface area contributed by atoms with Crippen molar-refractivity contribution in [3.63, 3.8) is 0 Å². The van der Waals surface area contributed by atoms with Crippen molar-refractivity contribution in [2.75, 3.05) is 19.1 Å². The van der Waals surface area contributed by atoms with Crippen LogP contribution in [-0.2, 0) is 0 Å². The maximum Gasteiger partial charge on any atom is 0.282 e. The molecule has 1 amide bonds. The number of amides is 1. The van der Waals surface area contributed by atoms with Gasteiger partial charge in [0.1, 0.15) is 5.75 Å². The molecular weight excluding hydrogens is 222 g/mol. The topological polar surface area (TPSA) is 29.5 Å². The third-order valence-electron chi connectivity index (χ3n) is 2.85. The lowest BCUT2D eigenvalue weighted by atomic mass is 10.0. The van der Waals surface area contributed by atoms with Gasteiger partial charge in [0.15, 0.2) is 0 Å². The lowest BCUT2D eigenvalue weighted by Gasteiger charge is -2.22. The van der Waals surface area contributed by atoms with Crippen LogP contribution in [0, 0.1) is 20.8 Å². The molecule has 0 N–H and O–H groups in total.